The standard InChI is InChI=1S/C16H17ClFN/c1-11-4-3-5-13(8-11)16(2,19)10-12-9-14(18)6-7-15(12)17/h3-9H,10,19H2,1-2H3. The van der Waals surface area contributed by atoms with E-state index in [0.29, 0.717) is 11.4 Å². The summed E-state index contributed by atoms with van der Waals surface area (Å²) in [6, 6.07) is 12.4. The molecule has 0 heterocycles. The molecule has 19 heavy (non-hydrogen) atoms. The Balaban J connectivity index is 2.33. The highest BCUT2D eigenvalue weighted by Gasteiger charge is 2.23. The van der Waals surface area contributed by atoms with Crippen LogP contribution in [0, 0.1) is 12.7 Å². The number of hydrogen-bond donors (Lipinski definition) is 1. The molecular formula is C16H17ClFN. The Morgan fingerprint density at radius 3 is 2.63 bits per heavy atom. The molecular weight excluding hydrogens is 261 g/mol. The van der Waals surface area contributed by atoms with Crippen LogP contribution < -0.4 is 5.73 Å². The summed E-state index contributed by atoms with van der Waals surface area (Å²) in [6.07, 6.45) is 0.493. The van der Waals surface area contributed by atoms with Crippen molar-refractivity contribution in [3.05, 3.63) is 70.0 Å². The lowest BCUT2D eigenvalue weighted by Gasteiger charge is -2.26. The van der Waals surface area contributed by atoms with Crippen molar-refractivity contribution in [3.63, 3.8) is 0 Å². The summed E-state index contributed by atoms with van der Waals surface area (Å²) in [6.45, 7) is 3.96. The zero-order valence-corrected chi connectivity index (χ0v) is 11.8. The summed E-state index contributed by atoms with van der Waals surface area (Å²) in [7, 11) is 0. The molecule has 2 aromatic rings. The monoisotopic (exact) mass is 277 g/mol. The van der Waals surface area contributed by atoms with Gasteiger partial charge in [-0.05, 0) is 49.6 Å². The van der Waals surface area contributed by atoms with Crippen molar-refractivity contribution >= 4 is 11.6 Å². The zero-order valence-electron chi connectivity index (χ0n) is 11.1. The number of nitrogens with two attached hydrogens (primary N) is 1. The molecule has 2 aromatic carbocycles. The molecule has 2 N–H and O–H groups in total. The van der Waals surface area contributed by atoms with Crippen LogP contribution in [-0.4, -0.2) is 0 Å². The molecule has 0 radical (unpaired) electrons. The van der Waals surface area contributed by atoms with Crippen molar-refractivity contribution in [3.8, 4) is 0 Å². The van der Waals surface area contributed by atoms with Crippen LogP contribution >= 0.6 is 11.6 Å². The summed E-state index contributed by atoms with van der Waals surface area (Å²) in [4.78, 5) is 0. The number of rotatable bonds is 3. The van der Waals surface area contributed by atoms with Gasteiger partial charge in [-0.2, -0.15) is 0 Å². The molecule has 0 saturated carbocycles. The topological polar surface area (TPSA) is 26.0 Å². The summed E-state index contributed by atoms with van der Waals surface area (Å²) < 4.78 is 13.3. The smallest absolute Gasteiger partial charge is 0.123 e. The number of halogens is 2. The Morgan fingerprint density at radius 1 is 1.21 bits per heavy atom. The second kappa shape index (κ2) is 5.32. The van der Waals surface area contributed by atoms with Crippen LogP contribution in [0.3, 0.4) is 0 Å². The first-order chi connectivity index (χ1) is 8.88. The lowest BCUT2D eigenvalue weighted by molar-refractivity contribution is 0.489. The van der Waals surface area contributed by atoms with E-state index in [1.165, 1.54) is 12.1 Å². The van der Waals surface area contributed by atoms with Crippen LogP contribution in [0.15, 0.2) is 42.5 Å². The van der Waals surface area contributed by atoms with Crippen molar-refractivity contribution in [2.45, 2.75) is 25.8 Å². The minimum absolute atomic E-state index is 0.292. The maximum absolute atomic E-state index is 13.3. The quantitative estimate of drug-likeness (QED) is 0.894. The second-order valence-corrected chi connectivity index (χ2v) is 5.61. The van der Waals surface area contributed by atoms with E-state index in [2.05, 4.69) is 0 Å². The fourth-order valence-corrected chi connectivity index (χ4v) is 2.36. The fraction of sp³-hybridized carbons (Fsp3) is 0.250. The van der Waals surface area contributed by atoms with E-state index in [9.17, 15) is 4.39 Å². The maximum Gasteiger partial charge on any atom is 0.123 e. The van der Waals surface area contributed by atoms with Gasteiger partial charge in [0, 0.05) is 10.6 Å². The lowest BCUT2D eigenvalue weighted by Crippen LogP contribution is -2.35. The molecule has 0 amide bonds. The first kappa shape index (κ1) is 14.0. The van der Waals surface area contributed by atoms with E-state index >= 15 is 0 Å². The third-order valence-corrected chi connectivity index (χ3v) is 3.61. The van der Waals surface area contributed by atoms with Gasteiger partial charge >= 0.3 is 0 Å². The average molecular weight is 278 g/mol. The van der Waals surface area contributed by atoms with E-state index in [1.807, 2.05) is 38.1 Å². The van der Waals surface area contributed by atoms with Gasteiger partial charge in [0.05, 0.1) is 0 Å². The molecule has 3 heteroatoms. The normalized spacial score (nSPS) is 14.2. The van der Waals surface area contributed by atoms with E-state index < -0.39 is 5.54 Å². The molecule has 0 aliphatic heterocycles. The highest BCUT2D eigenvalue weighted by molar-refractivity contribution is 6.31. The molecule has 0 aromatic heterocycles. The Bertz CT molecular complexity index is 593. The van der Waals surface area contributed by atoms with Gasteiger partial charge in [0.2, 0.25) is 0 Å². The van der Waals surface area contributed by atoms with Crippen molar-refractivity contribution in [2.75, 3.05) is 0 Å². The van der Waals surface area contributed by atoms with Crippen LogP contribution in [0.5, 0.6) is 0 Å². The highest BCUT2D eigenvalue weighted by Crippen LogP contribution is 2.27. The molecule has 0 saturated heterocycles. The summed E-state index contributed by atoms with van der Waals surface area (Å²) in [5.74, 6) is -0.292. The zero-order chi connectivity index (χ0) is 14.0. The molecule has 0 aliphatic carbocycles. The van der Waals surface area contributed by atoms with Crippen molar-refractivity contribution in [1.82, 2.24) is 0 Å². The van der Waals surface area contributed by atoms with Gasteiger partial charge in [0.15, 0.2) is 0 Å². The van der Waals surface area contributed by atoms with Crippen molar-refractivity contribution in [1.29, 1.82) is 0 Å². The Labute approximate surface area is 118 Å². The minimum Gasteiger partial charge on any atom is -0.321 e. The average Bonchev–Trinajstić information content (AvgIpc) is 2.33. The molecule has 1 nitrogen and oxygen atoms in total. The molecule has 0 spiro atoms. The Morgan fingerprint density at radius 2 is 1.95 bits per heavy atom. The van der Waals surface area contributed by atoms with Crippen molar-refractivity contribution in [2.24, 2.45) is 5.73 Å². The number of benzene rings is 2. The van der Waals surface area contributed by atoms with E-state index in [1.54, 1.807) is 6.07 Å². The first-order valence-electron chi connectivity index (χ1n) is 6.18. The van der Waals surface area contributed by atoms with Crippen LogP contribution in [0.2, 0.25) is 5.02 Å². The summed E-state index contributed by atoms with van der Waals surface area (Å²) >= 11 is 6.10. The molecule has 2 rings (SSSR count). The van der Waals surface area contributed by atoms with Crippen LogP contribution in [0.4, 0.5) is 4.39 Å². The third kappa shape index (κ3) is 3.34. The Kier molecular flexibility index (Phi) is 3.93. The van der Waals surface area contributed by atoms with Gasteiger partial charge in [0.1, 0.15) is 5.82 Å². The van der Waals surface area contributed by atoms with E-state index in [-0.39, 0.29) is 5.82 Å². The first-order valence-corrected chi connectivity index (χ1v) is 6.56. The summed E-state index contributed by atoms with van der Waals surface area (Å²) in [5, 5.41) is 0.547. The second-order valence-electron chi connectivity index (χ2n) is 5.20. The van der Waals surface area contributed by atoms with Gasteiger partial charge in [-0.15, -0.1) is 0 Å². The fourth-order valence-electron chi connectivity index (χ4n) is 2.18. The third-order valence-electron chi connectivity index (χ3n) is 3.24. The molecule has 100 valence electrons. The molecule has 1 unspecified atom stereocenters. The van der Waals surface area contributed by atoms with Gasteiger partial charge in [0.25, 0.3) is 0 Å². The highest BCUT2D eigenvalue weighted by atomic mass is 35.5. The molecule has 0 fully saturated rings. The van der Waals surface area contributed by atoms with E-state index in [4.69, 9.17) is 17.3 Å². The Hall–Kier alpha value is -1.38. The van der Waals surface area contributed by atoms with Gasteiger partial charge < -0.3 is 5.73 Å². The molecule has 0 aliphatic rings. The predicted molar refractivity (Wildman–Crippen MR) is 77.8 cm³/mol. The molecule has 0 bridgehead atoms. The summed E-state index contributed by atoms with van der Waals surface area (Å²) in [5.41, 5.74) is 8.70. The van der Waals surface area contributed by atoms with Gasteiger partial charge in [-0.25, -0.2) is 4.39 Å². The minimum atomic E-state index is -0.580. The molecule has 1 atom stereocenters. The van der Waals surface area contributed by atoms with E-state index in [0.717, 1.165) is 16.7 Å². The van der Waals surface area contributed by atoms with Gasteiger partial charge in [-0.1, -0.05) is 41.4 Å². The lowest BCUT2D eigenvalue weighted by atomic mass is 9.86. The maximum atomic E-state index is 13.3. The van der Waals surface area contributed by atoms with Crippen molar-refractivity contribution < 1.29 is 4.39 Å². The number of aryl methyl sites for hydroxylation is 1. The SMILES string of the molecule is Cc1cccc(C(C)(N)Cc2cc(F)ccc2Cl)c1. The number of hydrogen-bond acceptors (Lipinski definition) is 1. The predicted octanol–water partition coefficient (Wildman–Crippen LogP) is 4.20. The largest absolute Gasteiger partial charge is 0.321 e. The van der Waals surface area contributed by atoms with Crippen LogP contribution in [0.1, 0.15) is 23.6 Å². The van der Waals surface area contributed by atoms with Gasteiger partial charge in [-0.3, -0.25) is 0 Å². The van der Waals surface area contributed by atoms with Crippen LogP contribution in [0.25, 0.3) is 0 Å². The van der Waals surface area contributed by atoms with Crippen LogP contribution in [-0.2, 0) is 12.0 Å².